The summed E-state index contributed by atoms with van der Waals surface area (Å²) in [5.41, 5.74) is 0. The van der Waals surface area contributed by atoms with E-state index in [1.54, 1.807) is 7.11 Å². The first-order valence-corrected chi connectivity index (χ1v) is 8.37. The van der Waals surface area contributed by atoms with Crippen LogP contribution in [0.15, 0.2) is 0 Å². The molecule has 0 saturated carbocycles. The van der Waals surface area contributed by atoms with Gasteiger partial charge in [-0.15, -0.1) is 0 Å². The monoisotopic (exact) mass is 214 g/mol. The van der Waals surface area contributed by atoms with Crippen LogP contribution in [0, 0.1) is 0 Å². The van der Waals surface area contributed by atoms with Crippen molar-refractivity contribution in [2.45, 2.75) is 12.5 Å². The highest BCUT2D eigenvalue weighted by Crippen LogP contribution is 2.11. The first-order valence-electron chi connectivity index (χ1n) is 3.39. The lowest BCUT2D eigenvalue weighted by Gasteiger charge is -1.97. The van der Waals surface area contributed by atoms with E-state index in [0.29, 0.717) is 5.75 Å². The van der Waals surface area contributed by atoms with Gasteiger partial charge < -0.3 is 4.43 Å². The van der Waals surface area contributed by atoms with Crippen molar-refractivity contribution in [1.82, 2.24) is 0 Å². The van der Waals surface area contributed by atoms with Gasteiger partial charge in [0, 0.05) is 19.1 Å². The van der Waals surface area contributed by atoms with Crippen molar-refractivity contribution >= 4 is 29.4 Å². The lowest BCUT2D eigenvalue weighted by atomic mass is 10.6. The van der Waals surface area contributed by atoms with E-state index in [9.17, 15) is 8.42 Å². The van der Waals surface area contributed by atoms with Crippen LogP contribution in [0.2, 0.25) is 6.04 Å². The molecule has 0 aliphatic rings. The van der Waals surface area contributed by atoms with Crippen LogP contribution in [0.5, 0.6) is 0 Å². The van der Waals surface area contributed by atoms with E-state index >= 15 is 0 Å². The maximum absolute atomic E-state index is 10.6. The summed E-state index contributed by atoms with van der Waals surface area (Å²) in [6, 6.07) is 1.07. The molecule has 0 radical (unpaired) electrons. The molecule has 0 atom stereocenters. The van der Waals surface area contributed by atoms with Crippen molar-refractivity contribution < 1.29 is 12.8 Å². The molecule has 6 heteroatoms. The van der Waals surface area contributed by atoms with Gasteiger partial charge in [0.15, 0.2) is 18.6 Å². The first kappa shape index (κ1) is 11.5. The molecule has 0 heterocycles. The smallest absolute Gasteiger partial charge is 0.198 e. The summed E-state index contributed by atoms with van der Waals surface area (Å²) in [4.78, 5) is 0. The summed E-state index contributed by atoms with van der Waals surface area (Å²) in [6.45, 7) is 0. The molecule has 11 heavy (non-hydrogen) atoms. The van der Waals surface area contributed by atoms with E-state index in [1.807, 2.05) is 0 Å². The van der Waals surface area contributed by atoms with Gasteiger partial charge in [0.2, 0.25) is 0 Å². The summed E-state index contributed by atoms with van der Waals surface area (Å²) in [5, 5.41) is 0. The molecule has 0 unspecified atom stereocenters. The molecule has 0 rings (SSSR count). The van der Waals surface area contributed by atoms with Crippen LogP contribution < -0.4 is 0 Å². The molecule has 0 bridgehead atoms. The Morgan fingerprint density at radius 1 is 1.55 bits per heavy atom. The standard InChI is InChI=1S/C5H14O3S2Si/c1-8-11-5-3-4-9-10(2,6)7/h3-5,11H2,1-2H3. The lowest BCUT2D eigenvalue weighted by Crippen LogP contribution is -1.95. The SMILES string of the molecule is CO[SiH2]CCCSS(C)(=O)=O. The van der Waals surface area contributed by atoms with E-state index in [4.69, 9.17) is 4.43 Å². The summed E-state index contributed by atoms with van der Waals surface area (Å²) in [6.07, 6.45) is 2.20. The summed E-state index contributed by atoms with van der Waals surface area (Å²) in [5.74, 6) is 0.704. The van der Waals surface area contributed by atoms with Gasteiger partial charge in [-0.25, -0.2) is 8.42 Å². The van der Waals surface area contributed by atoms with Crippen molar-refractivity contribution in [2.24, 2.45) is 0 Å². The summed E-state index contributed by atoms with van der Waals surface area (Å²) < 4.78 is 26.2. The van der Waals surface area contributed by atoms with Gasteiger partial charge >= 0.3 is 0 Å². The van der Waals surface area contributed by atoms with Crippen molar-refractivity contribution in [3.05, 3.63) is 0 Å². The van der Waals surface area contributed by atoms with Gasteiger partial charge in [-0.3, -0.25) is 0 Å². The molecule has 0 aromatic carbocycles. The third-order valence-electron chi connectivity index (χ3n) is 1.04. The van der Waals surface area contributed by atoms with E-state index in [0.717, 1.165) is 23.3 Å². The Hall–Kier alpha value is 0.477. The molecule has 0 N–H and O–H groups in total. The van der Waals surface area contributed by atoms with Crippen LogP contribution in [0.25, 0.3) is 0 Å². The Bertz CT molecular complexity index is 178. The first-order chi connectivity index (χ1) is 5.06. The molecule has 0 aromatic heterocycles. The molecule has 0 saturated heterocycles. The molecule has 0 aromatic rings. The molecule has 3 nitrogen and oxygen atoms in total. The van der Waals surface area contributed by atoms with Crippen molar-refractivity contribution in [3.63, 3.8) is 0 Å². The lowest BCUT2D eigenvalue weighted by molar-refractivity contribution is 0.440. The molecular weight excluding hydrogens is 200 g/mol. The quantitative estimate of drug-likeness (QED) is 0.360. The molecule has 0 fully saturated rings. The van der Waals surface area contributed by atoms with Crippen LogP contribution in [-0.4, -0.2) is 37.3 Å². The zero-order valence-electron chi connectivity index (χ0n) is 6.87. The maximum atomic E-state index is 10.6. The Labute approximate surface area is 74.2 Å². The van der Waals surface area contributed by atoms with Crippen LogP contribution >= 0.6 is 10.8 Å². The van der Waals surface area contributed by atoms with Gasteiger partial charge in [0.05, 0.1) is 0 Å². The van der Waals surface area contributed by atoms with Crippen LogP contribution in [0.1, 0.15) is 6.42 Å². The molecule has 0 aliphatic carbocycles. The molecule has 0 spiro atoms. The highest BCUT2D eigenvalue weighted by Gasteiger charge is 2.00. The van der Waals surface area contributed by atoms with Crippen LogP contribution in [0.4, 0.5) is 0 Å². The maximum Gasteiger partial charge on any atom is 0.198 e. The predicted octanol–water partition coefficient (Wildman–Crippen LogP) is 0.218. The van der Waals surface area contributed by atoms with E-state index < -0.39 is 8.87 Å². The normalized spacial score (nSPS) is 12.9. The van der Waals surface area contributed by atoms with E-state index in [-0.39, 0.29) is 9.76 Å². The average molecular weight is 214 g/mol. The molecule has 68 valence electrons. The fourth-order valence-corrected chi connectivity index (χ4v) is 3.55. The van der Waals surface area contributed by atoms with E-state index in [1.165, 1.54) is 6.26 Å². The summed E-state index contributed by atoms with van der Waals surface area (Å²) >= 11 is 0. The Morgan fingerprint density at radius 3 is 2.64 bits per heavy atom. The minimum Gasteiger partial charge on any atom is -0.427 e. The minimum atomic E-state index is -2.82. The fraction of sp³-hybridized carbons (Fsp3) is 1.00. The van der Waals surface area contributed by atoms with Crippen molar-refractivity contribution in [3.8, 4) is 0 Å². The van der Waals surface area contributed by atoms with E-state index in [2.05, 4.69) is 0 Å². The van der Waals surface area contributed by atoms with Gasteiger partial charge in [0.1, 0.15) is 0 Å². The zero-order chi connectivity index (χ0) is 8.74. The number of rotatable bonds is 6. The van der Waals surface area contributed by atoms with Gasteiger partial charge in [-0.05, 0) is 23.3 Å². The molecule has 0 aliphatic heterocycles. The van der Waals surface area contributed by atoms with Crippen molar-refractivity contribution in [2.75, 3.05) is 19.1 Å². The highest BCUT2D eigenvalue weighted by molar-refractivity contribution is 8.71. The topological polar surface area (TPSA) is 43.4 Å². The van der Waals surface area contributed by atoms with Crippen molar-refractivity contribution in [1.29, 1.82) is 0 Å². The average Bonchev–Trinajstić information content (AvgIpc) is 1.85. The third-order valence-corrected chi connectivity index (χ3v) is 4.91. The second kappa shape index (κ2) is 6.04. The number of hydrogen-bond donors (Lipinski definition) is 0. The second-order valence-corrected chi connectivity index (χ2v) is 8.49. The fourth-order valence-electron chi connectivity index (χ4n) is 0.559. The van der Waals surface area contributed by atoms with Gasteiger partial charge in [-0.2, -0.15) is 0 Å². The number of hydrogen-bond acceptors (Lipinski definition) is 4. The Morgan fingerprint density at radius 2 is 2.18 bits per heavy atom. The van der Waals surface area contributed by atoms with Crippen LogP contribution in [0.3, 0.4) is 0 Å². The van der Waals surface area contributed by atoms with Crippen LogP contribution in [-0.2, 0) is 13.3 Å². The Kier molecular flexibility index (Phi) is 6.31. The van der Waals surface area contributed by atoms with Gasteiger partial charge in [0.25, 0.3) is 0 Å². The molecule has 0 amide bonds. The largest absolute Gasteiger partial charge is 0.427 e. The zero-order valence-corrected chi connectivity index (χ0v) is 9.92. The third kappa shape index (κ3) is 10.5. The van der Waals surface area contributed by atoms with Gasteiger partial charge in [-0.1, -0.05) is 0 Å². The second-order valence-electron chi connectivity index (χ2n) is 2.23. The summed E-state index contributed by atoms with van der Waals surface area (Å²) in [7, 11) is -0.443. The predicted molar refractivity (Wildman–Crippen MR) is 52.3 cm³/mol. The Balaban J connectivity index is 3.16. The molecular formula is C5H14O3S2Si. The highest BCUT2D eigenvalue weighted by atomic mass is 33.1. The minimum absolute atomic E-state index is 0.351.